The van der Waals surface area contributed by atoms with Crippen molar-refractivity contribution < 1.29 is 13.2 Å². The Bertz CT molecular complexity index is 130. The van der Waals surface area contributed by atoms with Gasteiger partial charge in [-0.15, -0.1) is 0 Å². The Kier molecular flexibility index (Phi) is 0.702. The Labute approximate surface area is 51.0 Å². The van der Waals surface area contributed by atoms with Gasteiger partial charge in [-0.1, -0.05) is 0 Å². The molecule has 0 radical (unpaired) electrons. The van der Waals surface area contributed by atoms with Crippen LogP contribution in [0.4, 0.5) is 13.2 Å². The SMILES string of the molecule is FC(F)(F)C12CC(C1)C2. The van der Waals surface area contributed by atoms with Crippen molar-refractivity contribution in [1.82, 2.24) is 0 Å². The lowest BCUT2D eigenvalue weighted by atomic mass is 9.44. The number of alkyl halides is 3. The van der Waals surface area contributed by atoms with Gasteiger partial charge >= 0.3 is 6.18 Å². The van der Waals surface area contributed by atoms with Crippen molar-refractivity contribution in [2.24, 2.45) is 11.3 Å². The molecule has 3 heteroatoms. The van der Waals surface area contributed by atoms with Crippen molar-refractivity contribution in [3.05, 3.63) is 0 Å². The molecular formula is C6H7F3. The van der Waals surface area contributed by atoms with E-state index in [1.807, 2.05) is 0 Å². The van der Waals surface area contributed by atoms with Gasteiger partial charge in [-0.05, 0) is 25.2 Å². The Morgan fingerprint density at radius 1 is 1.11 bits per heavy atom. The molecule has 0 aromatic rings. The van der Waals surface area contributed by atoms with Gasteiger partial charge in [0.15, 0.2) is 0 Å². The fourth-order valence-electron chi connectivity index (χ4n) is 1.83. The Morgan fingerprint density at radius 3 is 1.56 bits per heavy atom. The molecule has 0 unspecified atom stereocenters. The average Bonchev–Trinajstić information content (AvgIpc) is 1.08. The van der Waals surface area contributed by atoms with Crippen LogP contribution in [0.2, 0.25) is 0 Å². The molecule has 0 heterocycles. The standard InChI is InChI=1S/C6H7F3/c7-6(8,9)5-1-4(2-5)3-5/h4H,1-3H2. The maximum Gasteiger partial charge on any atom is 0.394 e. The highest BCUT2D eigenvalue weighted by atomic mass is 19.4. The molecule has 2 bridgehead atoms. The second kappa shape index (κ2) is 1.13. The largest absolute Gasteiger partial charge is 0.394 e. The van der Waals surface area contributed by atoms with Gasteiger partial charge in [0.05, 0.1) is 5.41 Å². The fourth-order valence-corrected chi connectivity index (χ4v) is 1.83. The molecule has 0 atom stereocenters. The van der Waals surface area contributed by atoms with E-state index >= 15 is 0 Å². The topological polar surface area (TPSA) is 0 Å². The summed E-state index contributed by atoms with van der Waals surface area (Å²) in [7, 11) is 0. The van der Waals surface area contributed by atoms with Crippen molar-refractivity contribution in [2.45, 2.75) is 25.4 Å². The smallest absolute Gasteiger partial charge is 0.171 e. The van der Waals surface area contributed by atoms with E-state index in [1.54, 1.807) is 0 Å². The summed E-state index contributed by atoms with van der Waals surface area (Å²) < 4.78 is 35.8. The van der Waals surface area contributed by atoms with Crippen LogP contribution in [0.15, 0.2) is 0 Å². The van der Waals surface area contributed by atoms with E-state index in [4.69, 9.17) is 0 Å². The summed E-state index contributed by atoms with van der Waals surface area (Å²) in [6.45, 7) is 0. The lowest BCUT2D eigenvalue weighted by Gasteiger charge is -2.61. The minimum Gasteiger partial charge on any atom is -0.171 e. The number of hydrogen-bond donors (Lipinski definition) is 0. The number of halogens is 3. The zero-order valence-electron chi connectivity index (χ0n) is 4.83. The molecule has 3 aliphatic rings. The average molecular weight is 136 g/mol. The molecule has 0 saturated heterocycles. The lowest BCUT2D eigenvalue weighted by molar-refractivity contribution is -0.324. The summed E-state index contributed by atoms with van der Waals surface area (Å²) in [5.74, 6) is 0.423. The van der Waals surface area contributed by atoms with Crippen LogP contribution < -0.4 is 0 Å². The first-order valence-electron chi connectivity index (χ1n) is 3.10. The first-order chi connectivity index (χ1) is 4.04. The van der Waals surface area contributed by atoms with Crippen LogP contribution in [0.5, 0.6) is 0 Å². The molecule has 0 aromatic heterocycles. The van der Waals surface area contributed by atoms with E-state index < -0.39 is 11.6 Å². The van der Waals surface area contributed by atoms with Crippen molar-refractivity contribution >= 4 is 0 Å². The van der Waals surface area contributed by atoms with Crippen molar-refractivity contribution in [2.75, 3.05) is 0 Å². The maximum absolute atomic E-state index is 11.9. The molecule has 3 fully saturated rings. The molecular weight excluding hydrogens is 129 g/mol. The first kappa shape index (κ1) is 5.57. The maximum atomic E-state index is 11.9. The molecule has 3 rings (SSSR count). The molecule has 9 heavy (non-hydrogen) atoms. The molecule has 3 aliphatic carbocycles. The van der Waals surface area contributed by atoms with E-state index in [0.29, 0.717) is 25.2 Å². The predicted molar refractivity (Wildman–Crippen MR) is 25.8 cm³/mol. The molecule has 0 nitrogen and oxygen atoms in total. The molecule has 0 N–H and O–H groups in total. The van der Waals surface area contributed by atoms with Gasteiger partial charge in [0.1, 0.15) is 0 Å². The van der Waals surface area contributed by atoms with Crippen LogP contribution in [0.3, 0.4) is 0 Å². The van der Waals surface area contributed by atoms with Gasteiger partial charge < -0.3 is 0 Å². The predicted octanol–water partition coefficient (Wildman–Crippen LogP) is 2.35. The summed E-state index contributed by atoms with van der Waals surface area (Å²) in [5, 5.41) is 0. The Hall–Kier alpha value is -0.210. The molecule has 0 spiro atoms. The van der Waals surface area contributed by atoms with E-state index in [0.717, 1.165) is 0 Å². The third-order valence-corrected chi connectivity index (χ3v) is 2.64. The number of hydrogen-bond acceptors (Lipinski definition) is 0. The highest BCUT2D eigenvalue weighted by Gasteiger charge is 2.70. The van der Waals surface area contributed by atoms with Crippen molar-refractivity contribution in [1.29, 1.82) is 0 Å². The molecule has 3 saturated carbocycles. The summed E-state index contributed by atoms with van der Waals surface area (Å²) in [6.07, 6.45) is -2.66. The van der Waals surface area contributed by atoms with Crippen molar-refractivity contribution in [3.63, 3.8) is 0 Å². The van der Waals surface area contributed by atoms with Crippen LogP contribution in [0.25, 0.3) is 0 Å². The molecule has 0 aliphatic heterocycles. The van der Waals surface area contributed by atoms with Gasteiger partial charge in [-0.25, -0.2) is 0 Å². The summed E-state index contributed by atoms with van der Waals surface area (Å²) in [4.78, 5) is 0. The van der Waals surface area contributed by atoms with Crippen LogP contribution in [-0.4, -0.2) is 6.18 Å². The fraction of sp³-hybridized carbons (Fsp3) is 1.00. The highest BCUT2D eigenvalue weighted by molar-refractivity contribution is 5.10. The molecule has 52 valence electrons. The van der Waals surface area contributed by atoms with Gasteiger partial charge in [-0.3, -0.25) is 0 Å². The quantitative estimate of drug-likeness (QED) is 0.479. The van der Waals surface area contributed by atoms with E-state index in [-0.39, 0.29) is 0 Å². The van der Waals surface area contributed by atoms with Gasteiger partial charge in [0, 0.05) is 0 Å². The van der Waals surface area contributed by atoms with Gasteiger partial charge in [0.2, 0.25) is 0 Å². The zero-order chi connectivity index (χ0) is 6.70. The zero-order valence-corrected chi connectivity index (χ0v) is 4.83. The van der Waals surface area contributed by atoms with E-state index in [2.05, 4.69) is 0 Å². The van der Waals surface area contributed by atoms with Crippen LogP contribution in [0, 0.1) is 11.3 Å². The summed E-state index contributed by atoms with van der Waals surface area (Å²) in [6, 6.07) is 0. The van der Waals surface area contributed by atoms with Crippen LogP contribution in [0.1, 0.15) is 19.3 Å². The normalized spacial score (nSPS) is 47.7. The molecule has 0 aromatic carbocycles. The Balaban J connectivity index is 2.13. The van der Waals surface area contributed by atoms with Gasteiger partial charge in [0.25, 0.3) is 0 Å². The third-order valence-electron chi connectivity index (χ3n) is 2.64. The van der Waals surface area contributed by atoms with E-state index in [1.165, 1.54) is 0 Å². The summed E-state index contributed by atoms with van der Waals surface area (Å²) >= 11 is 0. The van der Waals surface area contributed by atoms with Gasteiger partial charge in [-0.2, -0.15) is 13.2 Å². The Morgan fingerprint density at radius 2 is 1.56 bits per heavy atom. The van der Waals surface area contributed by atoms with Crippen LogP contribution in [-0.2, 0) is 0 Å². The second-order valence-electron chi connectivity index (χ2n) is 3.26. The monoisotopic (exact) mass is 136 g/mol. The lowest BCUT2D eigenvalue weighted by Crippen LogP contribution is -2.60. The molecule has 0 amide bonds. The first-order valence-corrected chi connectivity index (χ1v) is 3.10. The van der Waals surface area contributed by atoms with Crippen LogP contribution >= 0.6 is 0 Å². The third kappa shape index (κ3) is 0.461. The van der Waals surface area contributed by atoms with Crippen molar-refractivity contribution in [3.8, 4) is 0 Å². The van der Waals surface area contributed by atoms with E-state index in [9.17, 15) is 13.2 Å². The minimum absolute atomic E-state index is 0.413. The highest BCUT2D eigenvalue weighted by Crippen LogP contribution is 2.71. The number of rotatable bonds is 0. The minimum atomic E-state index is -3.90. The summed E-state index contributed by atoms with van der Waals surface area (Å²) in [5.41, 5.74) is -1.20. The second-order valence-corrected chi connectivity index (χ2v) is 3.26.